The molecule has 1 heterocycles. The number of aryl methyl sites for hydroxylation is 2. The van der Waals surface area contributed by atoms with Crippen LogP contribution < -0.4 is 0 Å². The van der Waals surface area contributed by atoms with Crippen molar-refractivity contribution in [3.63, 3.8) is 0 Å². The largest absolute Gasteiger partial charge is 0.264 e. The Morgan fingerprint density at radius 1 is 1.11 bits per heavy atom. The molecular formula is C17H21N. The number of benzene rings is 1. The quantitative estimate of drug-likeness (QED) is 0.754. The Morgan fingerprint density at radius 2 is 1.89 bits per heavy atom. The maximum atomic E-state index is 4.22. The minimum atomic E-state index is 0.600. The van der Waals surface area contributed by atoms with Crippen LogP contribution in [0.2, 0.25) is 0 Å². The van der Waals surface area contributed by atoms with Gasteiger partial charge in [-0.25, -0.2) is 0 Å². The number of nitrogens with zero attached hydrogens (tertiary/aromatic N) is 1. The van der Waals surface area contributed by atoms with E-state index >= 15 is 0 Å². The van der Waals surface area contributed by atoms with Crippen molar-refractivity contribution < 1.29 is 0 Å². The standard InChI is InChI=1S/C17H21N/c1-3-16-13-18-12-11-17(16)14(2)9-10-15-7-5-4-6-8-15/h4-8,11-14H,3,9-10H2,1-2H3. The van der Waals surface area contributed by atoms with Gasteiger partial charge in [0.15, 0.2) is 0 Å². The first-order chi connectivity index (χ1) is 8.81. The molecule has 0 aliphatic carbocycles. The maximum absolute atomic E-state index is 4.22. The SMILES string of the molecule is CCc1cnccc1C(C)CCc1ccccc1. The monoisotopic (exact) mass is 239 g/mol. The van der Waals surface area contributed by atoms with Crippen molar-refractivity contribution in [2.24, 2.45) is 0 Å². The Bertz CT molecular complexity index is 476. The van der Waals surface area contributed by atoms with E-state index in [1.165, 1.54) is 23.1 Å². The molecule has 0 fully saturated rings. The van der Waals surface area contributed by atoms with Gasteiger partial charge in [-0.3, -0.25) is 4.98 Å². The molecule has 1 atom stereocenters. The van der Waals surface area contributed by atoms with Gasteiger partial charge in [-0.05, 0) is 47.9 Å². The molecule has 1 heteroatoms. The molecule has 94 valence electrons. The number of hydrogen-bond acceptors (Lipinski definition) is 1. The van der Waals surface area contributed by atoms with Crippen LogP contribution in [0.25, 0.3) is 0 Å². The van der Waals surface area contributed by atoms with Crippen LogP contribution in [0.15, 0.2) is 48.8 Å². The van der Waals surface area contributed by atoms with Gasteiger partial charge in [0.05, 0.1) is 0 Å². The maximum Gasteiger partial charge on any atom is 0.0302 e. The Morgan fingerprint density at radius 3 is 2.61 bits per heavy atom. The summed E-state index contributed by atoms with van der Waals surface area (Å²) in [4.78, 5) is 4.22. The first kappa shape index (κ1) is 12.8. The van der Waals surface area contributed by atoms with E-state index in [1.807, 2.05) is 12.4 Å². The lowest BCUT2D eigenvalue weighted by molar-refractivity contribution is 0.671. The third-order valence-corrected chi connectivity index (χ3v) is 3.56. The second-order valence-corrected chi connectivity index (χ2v) is 4.85. The van der Waals surface area contributed by atoms with Crippen molar-refractivity contribution in [2.75, 3.05) is 0 Å². The van der Waals surface area contributed by atoms with Gasteiger partial charge in [-0.2, -0.15) is 0 Å². The predicted molar refractivity (Wildman–Crippen MR) is 76.8 cm³/mol. The third-order valence-electron chi connectivity index (χ3n) is 3.56. The summed E-state index contributed by atoms with van der Waals surface area (Å²) in [7, 11) is 0. The fraction of sp³-hybridized carbons (Fsp3) is 0.353. The molecule has 0 spiro atoms. The molecule has 1 nitrogen and oxygen atoms in total. The average Bonchev–Trinajstić information content (AvgIpc) is 2.45. The van der Waals surface area contributed by atoms with Crippen LogP contribution in [0.4, 0.5) is 0 Å². The lowest BCUT2D eigenvalue weighted by atomic mass is 9.91. The highest BCUT2D eigenvalue weighted by Gasteiger charge is 2.09. The summed E-state index contributed by atoms with van der Waals surface area (Å²) in [5.74, 6) is 0.600. The molecular weight excluding hydrogens is 218 g/mol. The van der Waals surface area contributed by atoms with Crippen LogP contribution in [0.5, 0.6) is 0 Å². The minimum absolute atomic E-state index is 0.600. The molecule has 1 aromatic carbocycles. The van der Waals surface area contributed by atoms with Gasteiger partial charge >= 0.3 is 0 Å². The summed E-state index contributed by atoms with van der Waals surface area (Å²) < 4.78 is 0. The van der Waals surface area contributed by atoms with Gasteiger partial charge in [-0.1, -0.05) is 44.2 Å². The summed E-state index contributed by atoms with van der Waals surface area (Å²) in [5, 5.41) is 0. The van der Waals surface area contributed by atoms with Crippen LogP contribution in [0.1, 0.15) is 42.9 Å². The van der Waals surface area contributed by atoms with E-state index in [9.17, 15) is 0 Å². The van der Waals surface area contributed by atoms with Crippen LogP contribution in [0.3, 0.4) is 0 Å². The van der Waals surface area contributed by atoms with Crippen molar-refractivity contribution in [3.05, 3.63) is 65.5 Å². The molecule has 2 rings (SSSR count). The minimum Gasteiger partial charge on any atom is -0.264 e. The molecule has 1 aromatic heterocycles. The molecule has 0 N–H and O–H groups in total. The summed E-state index contributed by atoms with van der Waals surface area (Å²) in [6.45, 7) is 4.52. The van der Waals surface area contributed by atoms with E-state index in [2.05, 4.69) is 55.2 Å². The van der Waals surface area contributed by atoms with E-state index in [4.69, 9.17) is 0 Å². The van der Waals surface area contributed by atoms with Crippen molar-refractivity contribution in [3.8, 4) is 0 Å². The lowest BCUT2D eigenvalue weighted by Gasteiger charge is -2.15. The lowest BCUT2D eigenvalue weighted by Crippen LogP contribution is -2.01. The summed E-state index contributed by atoms with van der Waals surface area (Å²) >= 11 is 0. The molecule has 0 bridgehead atoms. The van der Waals surface area contributed by atoms with Crippen LogP contribution >= 0.6 is 0 Å². The van der Waals surface area contributed by atoms with Gasteiger partial charge in [0.2, 0.25) is 0 Å². The van der Waals surface area contributed by atoms with Gasteiger partial charge < -0.3 is 0 Å². The predicted octanol–water partition coefficient (Wildman–Crippen LogP) is 4.38. The zero-order chi connectivity index (χ0) is 12.8. The Kier molecular flexibility index (Phi) is 4.52. The summed E-state index contributed by atoms with van der Waals surface area (Å²) in [6.07, 6.45) is 7.33. The van der Waals surface area contributed by atoms with Gasteiger partial charge in [0, 0.05) is 12.4 Å². The molecule has 0 aliphatic heterocycles. The van der Waals surface area contributed by atoms with E-state index in [1.54, 1.807) is 0 Å². The van der Waals surface area contributed by atoms with Gasteiger partial charge in [-0.15, -0.1) is 0 Å². The van der Waals surface area contributed by atoms with Crippen LogP contribution in [-0.4, -0.2) is 4.98 Å². The first-order valence-electron chi connectivity index (χ1n) is 6.78. The van der Waals surface area contributed by atoms with E-state index in [0.29, 0.717) is 5.92 Å². The molecule has 1 unspecified atom stereocenters. The molecule has 0 aliphatic rings. The zero-order valence-electron chi connectivity index (χ0n) is 11.3. The number of hydrogen-bond donors (Lipinski definition) is 0. The summed E-state index contributed by atoms with van der Waals surface area (Å²) in [5.41, 5.74) is 4.28. The normalized spacial score (nSPS) is 12.3. The first-order valence-corrected chi connectivity index (χ1v) is 6.78. The second-order valence-electron chi connectivity index (χ2n) is 4.85. The topological polar surface area (TPSA) is 12.9 Å². The van der Waals surface area contributed by atoms with Crippen molar-refractivity contribution in [1.29, 1.82) is 0 Å². The van der Waals surface area contributed by atoms with Crippen molar-refractivity contribution in [1.82, 2.24) is 4.98 Å². The smallest absolute Gasteiger partial charge is 0.0302 e. The highest BCUT2D eigenvalue weighted by Crippen LogP contribution is 2.24. The van der Waals surface area contributed by atoms with Crippen molar-refractivity contribution in [2.45, 2.75) is 39.0 Å². The van der Waals surface area contributed by atoms with Gasteiger partial charge in [0.1, 0.15) is 0 Å². The molecule has 0 amide bonds. The van der Waals surface area contributed by atoms with E-state index < -0.39 is 0 Å². The number of aromatic nitrogens is 1. The zero-order valence-corrected chi connectivity index (χ0v) is 11.3. The Balaban J connectivity index is 2.01. The van der Waals surface area contributed by atoms with Crippen LogP contribution in [0, 0.1) is 0 Å². The highest BCUT2D eigenvalue weighted by molar-refractivity contribution is 5.27. The Hall–Kier alpha value is -1.63. The third kappa shape index (κ3) is 3.19. The number of pyridine rings is 1. The molecule has 0 saturated carbocycles. The van der Waals surface area contributed by atoms with E-state index in [0.717, 1.165) is 12.8 Å². The molecule has 18 heavy (non-hydrogen) atoms. The van der Waals surface area contributed by atoms with Gasteiger partial charge in [0.25, 0.3) is 0 Å². The molecule has 0 radical (unpaired) electrons. The summed E-state index contributed by atoms with van der Waals surface area (Å²) in [6, 6.07) is 12.9. The average molecular weight is 239 g/mol. The molecule has 2 aromatic rings. The fourth-order valence-electron chi connectivity index (χ4n) is 2.40. The highest BCUT2D eigenvalue weighted by atomic mass is 14.6. The fourth-order valence-corrected chi connectivity index (χ4v) is 2.40. The van der Waals surface area contributed by atoms with Crippen molar-refractivity contribution >= 4 is 0 Å². The number of rotatable bonds is 5. The second kappa shape index (κ2) is 6.34. The van der Waals surface area contributed by atoms with Crippen LogP contribution in [-0.2, 0) is 12.8 Å². The Labute approximate surface area is 110 Å². The molecule has 0 saturated heterocycles. The van der Waals surface area contributed by atoms with E-state index in [-0.39, 0.29) is 0 Å².